The largest absolute Gasteiger partial charge is 0.477 e. The number of nitrogens with zero attached hydrogens (tertiary/aromatic N) is 3. The molecule has 0 saturated heterocycles. The molecule has 0 aliphatic rings. The molecule has 2 aromatic rings. The van der Waals surface area contributed by atoms with Crippen LogP contribution >= 0.6 is 0 Å². The SMILES string of the molecule is CC(C)(C)Nc1cc(C(=O)O)nc2cc(C(C)(C)C)nn12. The Morgan fingerprint density at radius 1 is 1.19 bits per heavy atom. The fourth-order valence-corrected chi connectivity index (χ4v) is 1.92. The van der Waals surface area contributed by atoms with Gasteiger partial charge < -0.3 is 10.4 Å². The van der Waals surface area contributed by atoms with Crippen molar-refractivity contribution in [2.75, 3.05) is 5.32 Å². The van der Waals surface area contributed by atoms with E-state index in [0.29, 0.717) is 11.5 Å². The molecule has 0 spiro atoms. The summed E-state index contributed by atoms with van der Waals surface area (Å²) in [5.74, 6) is -0.423. The lowest BCUT2D eigenvalue weighted by Gasteiger charge is -2.22. The third-order valence-corrected chi connectivity index (χ3v) is 2.92. The summed E-state index contributed by atoms with van der Waals surface area (Å²) in [6.07, 6.45) is 0. The van der Waals surface area contributed by atoms with Crippen molar-refractivity contribution in [2.45, 2.75) is 52.5 Å². The number of carbonyl (C=O) groups is 1. The molecular weight excluding hydrogens is 268 g/mol. The highest BCUT2D eigenvalue weighted by Gasteiger charge is 2.22. The number of carboxylic acids is 1. The minimum atomic E-state index is -1.05. The fourth-order valence-electron chi connectivity index (χ4n) is 1.92. The Balaban J connectivity index is 2.68. The number of hydrogen-bond donors (Lipinski definition) is 2. The molecule has 0 aliphatic heterocycles. The summed E-state index contributed by atoms with van der Waals surface area (Å²) in [4.78, 5) is 15.4. The van der Waals surface area contributed by atoms with Gasteiger partial charge in [-0.25, -0.2) is 9.78 Å². The number of carboxylic acid groups (broad SMARTS) is 1. The van der Waals surface area contributed by atoms with Gasteiger partial charge in [0.25, 0.3) is 0 Å². The van der Waals surface area contributed by atoms with E-state index in [1.165, 1.54) is 6.07 Å². The van der Waals surface area contributed by atoms with Crippen LogP contribution in [0.2, 0.25) is 0 Å². The Morgan fingerprint density at radius 2 is 1.81 bits per heavy atom. The van der Waals surface area contributed by atoms with Crippen molar-refractivity contribution < 1.29 is 9.90 Å². The van der Waals surface area contributed by atoms with Crippen LogP contribution in [-0.2, 0) is 5.41 Å². The van der Waals surface area contributed by atoms with Crippen LogP contribution < -0.4 is 5.32 Å². The third kappa shape index (κ3) is 3.32. The quantitative estimate of drug-likeness (QED) is 0.889. The van der Waals surface area contributed by atoms with Gasteiger partial charge in [0.1, 0.15) is 5.82 Å². The standard InChI is InChI=1S/C15H22N4O2/c1-14(2,3)10-8-11-16-9(13(20)21)7-12(19(11)18-10)17-15(4,5)6/h7-8,17H,1-6H3,(H,20,21). The van der Waals surface area contributed by atoms with Gasteiger partial charge in [0.05, 0.1) is 5.69 Å². The molecule has 0 radical (unpaired) electrons. The van der Waals surface area contributed by atoms with Crippen molar-refractivity contribution in [3.8, 4) is 0 Å². The lowest BCUT2D eigenvalue weighted by atomic mass is 9.93. The minimum absolute atomic E-state index is 0.00890. The van der Waals surface area contributed by atoms with Gasteiger partial charge in [0.15, 0.2) is 11.3 Å². The highest BCUT2D eigenvalue weighted by Crippen LogP contribution is 2.24. The summed E-state index contributed by atoms with van der Waals surface area (Å²) in [6.45, 7) is 12.2. The van der Waals surface area contributed by atoms with Crippen molar-refractivity contribution in [1.82, 2.24) is 14.6 Å². The molecule has 0 atom stereocenters. The van der Waals surface area contributed by atoms with Gasteiger partial charge in [-0.3, -0.25) is 0 Å². The van der Waals surface area contributed by atoms with Crippen molar-refractivity contribution >= 4 is 17.4 Å². The zero-order chi connectivity index (χ0) is 16.0. The Labute approximate surface area is 124 Å². The van der Waals surface area contributed by atoms with Gasteiger partial charge in [-0.2, -0.15) is 9.61 Å². The van der Waals surface area contributed by atoms with E-state index < -0.39 is 5.97 Å². The summed E-state index contributed by atoms with van der Waals surface area (Å²) < 4.78 is 1.66. The third-order valence-electron chi connectivity index (χ3n) is 2.92. The van der Waals surface area contributed by atoms with Gasteiger partial charge in [0.2, 0.25) is 0 Å². The normalized spacial score (nSPS) is 12.7. The summed E-state index contributed by atoms with van der Waals surface area (Å²) >= 11 is 0. The number of fused-ring (bicyclic) bond motifs is 1. The molecule has 2 aromatic heterocycles. The van der Waals surface area contributed by atoms with Crippen LogP contribution in [0.15, 0.2) is 12.1 Å². The van der Waals surface area contributed by atoms with Crippen LogP contribution in [0.4, 0.5) is 5.82 Å². The summed E-state index contributed by atoms with van der Waals surface area (Å²) in [6, 6.07) is 3.35. The number of nitrogens with one attached hydrogen (secondary N) is 1. The number of aromatic carboxylic acids is 1. The molecular formula is C15H22N4O2. The molecule has 0 fully saturated rings. The average Bonchev–Trinajstić information content (AvgIpc) is 2.70. The summed E-state index contributed by atoms with van der Waals surface area (Å²) in [7, 11) is 0. The molecule has 21 heavy (non-hydrogen) atoms. The number of anilines is 1. The fraction of sp³-hybridized carbons (Fsp3) is 0.533. The molecule has 0 saturated carbocycles. The van der Waals surface area contributed by atoms with Crippen LogP contribution in [0, 0.1) is 0 Å². The van der Waals surface area contributed by atoms with E-state index in [1.54, 1.807) is 4.52 Å². The minimum Gasteiger partial charge on any atom is -0.477 e. The first kappa shape index (κ1) is 15.3. The molecule has 6 heteroatoms. The molecule has 0 aromatic carbocycles. The second-order valence-electron chi connectivity index (χ2n) is 7.26. The maximum atomic E-state index is 11.2. The number of aromatic nitrogens is 3. The lowest BCUT2D eigenvalue weighted by molar-refractivity contribution is 0.0690. The Morgan fingerprint density at radius 3 is 2.29 bits per heavy atom. The molecule has 2 rings (SSSR count). The van der Waals surface area contributed by atoms with Crippen molar-refractivity contribution in [1.29, 1.82) is 0 Å². The van der Waals surface area contributed by atoms with Crippen molar-refractivity contribution in [2.24, 2.45) is 0 Å². The first-order chi connectivity index (χ1) is 9.47. The lowest BCUT2D eigenvalue weighted by Crippen LogP contribution is -2.28. The van der Waals surface area contributed by atoms with Gasteiger partial charge in [-0.1, -0.05) is 20.8 Å². The molecule has 2 heterocycles. The summed E-state index contributed by atoms with van der Waals surface area (Å²) in [5, 5.41) is 17.1. The zero-order valence-electron chi connectivity index (χ0n) is 13.4. The second-order valence-corrected chi connectivity index (χ2v) is 7.26. The van der Waals surface area contributed by atoms with Crippen LogP contribution in [0.3, 0.4) is 0 Å². The Bertz CT molecular complexity index is 690. The van der Waals surface area contributed by atoms with Crippen molar-refractivity contribution in [3.05, 3.63) is 23.5 Å². The topological polar surface area (TPSA) is 79.5 Å². The van der Waals surface area contributed by atoms with Gasteiger partial charge in [-0.15, -0.1) is 0 Å². The van der Waals surface area contributed by atoms with Crippen LogP contribution in [0.25, 0.3) is 5.65 Å². The van der Waals surface area contributed by atoms with Crippen LogP contribution in [0.1, 0.15) is 57.7 Å². The van der Waals surface area contributed by atoms with E-state index in [1.807, 2.05) is 26.8 Å². The van der Waals surface area contributed by atoms with Crippen LogP contribution in [-0.4, -0.2) is 31.2 Å². The van der Waals surface area contributed by atoms with E-state index in [0.717, 1.165) is 5.69 Å². The molecule has 6 nitrogen and oxygen atoms in total. The Kier molecular flexibility index (Phi) is 3.43. The Hall–Kier alpha value is -2.11. The van der Waals surface area contributed by atoms with Crippen LogP contribution in [0.5, 0.6) is 0 Å². The molecule has 2 N–H and O–H groups in total. The van der Waals surface area contributed by atoms with E-state index in [-0.39, 0.29) is 16.6 Å². The maximum Gasteiger partial charge on any atom is 0.354 e. The monoisotopic (exact) mass is 290 g/mol. The van der Waals surface area contributed by atoms with Gasteiger partial charge in [0, 0.05) is 23.1 Å². The van der Waals surface area contributed by atoms with Gasteiger partial charge in [-0.05, 0) is 20.8 Å². The van der Waals surface area contributed by atoms with Crippen molar-refractivity contribution in [3.63, 3.8) is 0 Å². The highest BCUT2D eigenvalue weighted by molar-refractivity contribution is 5.87. The predicted molar refractivity (Wildman–Crippen MR) is 82.0 cm³/mol. The van der Waals surface area contributed by atoms with Gasteiger partial charge >= 0.3 is 5.97 Å². The van der Waals surface area contributed by atoms with E-state index in [9.17, 15) is 9.90 Å². The predicted octanol–water partition coefficient (Wildman–Crippen LogP) is 2.94. The first-order valence-electron chi connectivity index (χ1n) is 6.90. The van der Waals surface area contributed by atoms with E-state index in [4.69, 9.17) is 0 Å². The second kappa shape index (κ2) is 4.72. The summed E-state index contributed by atoms with van der Waals surface area (Å²) in [5.41, 5.74) is 1.07. The molecule has 114 valence electrons. The smallest absolute Gasteiger partial charge is 0.354 e. The van der Waals surface area contributed by atoms with E-state index in [2.05, 4.69) is 36.2 Å². The average molecular weight is 290 g/mol. The maximum absolute atomic E-state index is 11.2. The molecule has 0 amide bonds. The zero-order valence-corrected chi connectivity index (χ0v) is 13.4. The molecule has 0 aliphatic carbocycles. The first-order valence-corrected chi connectivity index (χ1v) is 6.90. The molecule has 0 bridgehead atoms. The number of rotatable bonds is 2. The molecule has 0 unspecified atom stereocenters. The number of hydrogen-bond acceptors (Lipinski definition) is 4. The highest BCUT2D eigenvalue weighted by atomic mass is 16.4. The van der Waals surface area contributed by atoms with E-state index >= 15 is 0 Å².